The predicted molar refractivity (Wildman–Crippen MR) is 167 cm³/mol. The Balaban J connectivity index is 0.000000310. The Morgan fingerprint density at radius 3 is 2.45 bits per heavy atom. The Hall–Kier alpha value is -3.63. The van der Waals surface area contributed by atoms with Gasteiger partial charge in [-0.3, -0.25) is 9.59 Å². The number of fused-ring (bicyclic) bond motifs is 3. The first-order chi connectivity index (χ1) is 21.7. The second-order valence-electron chi connectivity index (χ2n) is 12.8. The second-order valence-corrected chi connectivity index (χ2v) is 12.8. The van der Waals surface area contributed by atoms with E-state index in [-0.39, 0.29) is 53.0 Å². The average Bonchev–Trinajstić information content (AvgIpc) is 3.63. The van der Waals surface area contributed by atoms with Crippen LogP contribution in [0, 0.1) is 30.1 Å². The maximum atomic E-state index is 13.2. The summed E-state index contributed by atoms with van der Waals surface area (Å²) >= 11 is 0. The number of amides is 2. The van der Waals surface area contributed by atoms with Crippen molar-refractivity contribution in [1.29, 1.82) is 0 Å². The third-order valence-electron chi connectivity index (χ3n) is 8.36. The van der Waals surface area contributed by atoms with Crippen LogP contribution in [-0.4, -0.2) is 63.2 Å². The zero-order valence-corrected chi connectivity index (χ0v) is 28.6. The molecule has 1 saturated carbocycles. The molecule has 0 spiro atoms. The van der Waals surface area contributed by atoms with Gasteiger partial charge in [-0.1, -0.05) is 72.3 Å². The summed E-state index contributed by atoms with van der Waals surface area (Å²) in [5, 5.41) is 11.2. The van der Waals surface area contributed by atoms with E-state index >= 15 is 0 Å². The van der Waals surface area contributed by atoms with Gasteiger partial charge in [0.05, 0.1) is 5.52 Å². The van der Waals surface area contributed by atoms with Crippen LogP contribution < -0.4 is 20.3 Å². The van der Waals surface area contributed by atoms with Crippen molar-refractivity contribution in [3.8, 4) is 24.3 Å². The van der Waals surface area contributed by atoms with Crippen molar-refractivity contribution in [3.63, 3.8) is 0 Å². The Kier molecular flexibility index (Phi) is 14.3. The second kappa shape index (κ2) is 17.0. The Morgan fingerprint density at radius 2 is 1.87 bits per heavy atom. The summed E-state index contributed by atoms with van der Waals surface area (Å²) in [6.45, 7) is 7.82. The number of hydrogen-bond donors (Lipinski definition) is 3. The van der Waals surface area contributed by atoms with E-state index in [9.17, 15) is 28.0 Å². The summed E-state index contributed by atoms with van der Waals surface area (Å²) < 4.78 is 35.2. The van der Waals surface area contributed by atoms with Crippen LogP contribution in [0.2, 0.25) is 0 Å². The number of rotatable bonds is 10. The van der Waals surface area contributed by atoms with E-state index in [1.165, 1.54) is 36.6 Å². The molecule has 1 aromatic carbocycles. The molecule has 14 heteroatoms. The fourth-order valence-electron chi connectivity index (χ4n) is 5.71. The molecule has 0 bridgehead atoms. The molecule has 1 aromatic heterocycles. The molecule has 3 aliphatic rings. The fraction of sp³-hybridized carbons (Fsp3) is 0.606. The van der Waals surface area contributed by atoms with Gasteiger partial charge in [-0.25, -0.2) is 16.1 Å². The summed E-state index contributed by atoms with van der Waals surface area (Å²) in [4.78, 5) is 55.2. The van der Waals surface area contributed by atoms with Crippen LogP contribution in [0.3, 0.4) is 0 Å². The van der Waals surface area contributed by atoms with Gasteiger partial charge in [0.25, 0.3) is 5.56 Å². The molecule has 1 radical (unpaired) electrons. The van der Waals surface area contributed by atoms with Crippen LogP contribution >= 0.6 is 0 Å². The standard InChI is InChI=1S/C17H18F2N2O3.C14H23N2O4.C2H2.V/c18-17(19)23-13-9-8-11-14(15(13)24-17)21-16(22)12(20-11)5-3-1-2-4-10-6-7-10;1-5-9-6-7-16(10(9)8-17)12(18)11(14(2,3)4)15-13(19)20;1-2;/h8-10H,1-7H2,(H,21,22);9-11,15H,5-7H2,1-4H3,(H,19,20);1-2H;/q;-1;;/t;9-,10-,11-;;/m.1../s1. The maximum absolute atomic E-state index is 13.2. The number of alkyl halides is 2. The van der Waals surface area contributed by atoms with Gasteiger partial charge >= 0.3 is 12.4 Å². The summed E-state index contributed by atoms with van der Waals surface area (Å²) in [5.41, 5.74) is 0.0685. The Labute approximate surface area is 285 Å². The number of likely N-dealkylation sites (tertiary alicyclic amines) is 1. The molecule has 3 heterocycles. The molecule has 2 amide bonds. The first-order valence-electron chi connectivity index (χ1n) is 15.6. The van der Waals surface area contributed by atoms with Gasteiger partial charge in [0.1, 0.15) is 17.3 Å². The first kappa shape index (κ1) is 39.6. The normalized spacial score (nSPS) is 19.7. The third-order valence-corrected chi connectivity index (χ3v) is 8.36. The molecule has 2 fully saturated rings. The molecular weight excluding hydrogens is 653 g/mol. The van der Waals surface area contributed by atoms with E-state index in [2.05, 4.69) is 37.6 Å². The number of ether oxygens (including phenoxy) is 2. The zero-order chi connectivity index (χ0) is 34.2. The van der Waals surface area contributed by atoms with E-state index < -0.39 is 29.9 Å². The predicted octanol–water partition coefficient (Wildman–Crippen LogP) is 5.41. The largest absolute Gasteiger partial charge is 0.586 e. The Bertz CT molecular complexity index is 1470. The molecule has 2 aliphatic heterocycles. The fourth-order valence-corrected chi connectivity index (χ4v) is 5.71. The Morgan fingerprint density at radius 1 is 1.19 bits per heavy atom. The molecule has 11 nitrogen and oxygen atoms in total. The monoisotopic (exact) mass is 696 g/mol. The van der Waals surface area contributed by atoms with E-state index in [0.29, 0.717) is 24.2 Å². The summed E-state index contributed by atoms with van der Waals surface area (Å²) in [5.74, 6) is 0.427. The first-order valence-corrected chi connectivity index (χ1v) is 15.6. The number of nitrogens with zero attached hydrogens (tertiary/aromatic N) is 2. The quantitative estimate of drug-likeness (QED) is 0.170. The van der Waals surface area contributed by atoms with E-state index in [0.717, 1.165) is 31.6 Å². The number of unbranched alkanes of at least 4 members (excludes halogenated alkanes) is 2. The molecule has 2 aromatic rings. The number of hydrogen-bond acceptors (Lipinski definition) is 7. The van der Waals surface area contributed by atoms with Crippen LogP contribution in [0.5, 0.6) is 11.5 Å². The van der Waals surface area contributed by atoms with Gasteiger partial charge in [-0.15, -0.1) is 21.6 Å². The van der Waals surface area contributed by atoms with Gasteiger partial charge in [0.2, 0.25) is 5.91 Å². The molecule has 5 rings (SSSR count). The van der Waals surface area contributed by atoms with Crippen molar-refractivity contribution < 1.29 is 56.3 Å². The SMILES string of the molecule is C#C.CC[C@@H]1CCN(C(=O)[C@@H](NC(=O)O)C(C)(C)C)[C@@H]1[C-]=O.O=c1[nH]c2c3c(ccc2nc1CCCCCC1CC1)OC(F)(F)O3.[V]. The summed E-state index contributed by atoms with van der Waals surface area (Å²) in [6.07, 6.45) is 14.3. The van der Waals surface area contributed by atoms with Crippen LogP contribution in [0.15, 0.2) is 16.9 Å². The number of aromatic amines is 1. The minimum absolute atomic E-state index is 0. The number of carbonyl (C=O) groups excluding carboxylic acids is 2. The van der Waals surface area contributed by atoms with Gasteiger partial charge < -0.3 is 34.6 Å². The van der Waals surface area contributed by atoms with Crippen LogP contribution in [0.4, 0.5) is 13.6 Å². The van der Waals surface area contributed by atoms with Gasteiger partial charge in [-0.2, -0.15) is 0 Å². The van der Waals surface area contributed by atoms with Crippen LogP contribution in [0.25, 0.3) is 11.0 Å². The van der Waals surface area contributed by atoms with Crippen molar-refractivity contribution in [1.82, 2.24) is 20.2 Å². The maximum Gasteiger partial charge on any atom is 0.586 e. The molecule has 47 heavy (non-hydrogen) atoms. The molecule has 1 saturated heterocycles. The molecule has 3 N–H and O–H groups in total. The number of carboxylic acid groups (broad SMARTS) is 1. The van der Waals surface area contributed by atoms with Crippen molar-refractivity contribution >= 4 is 29.3 Å². The smallest absolute Gasteiger partial charge is 0.540 e. The molecule has 3 atom stereocenters. The number of aromatic nitrogens is 2. The molecule has 257 valence electrons. The number of carbonyl (C=O) groups is 2. The minimum atomic E-state index is -3.71. The van der Waals surface area contributed by atoms with E-state index in [1.807, 2.05) is 13.2 Å². The van der Waals surface area contributed by atoms with Crippen molar-refractivity contribution in [3.05, 3.63) is 28.2 Å². The number of terminal acetylenes is 1. The molecule has 0 unspecified atom stereocenters. The van der Waals surface area contributed by atoms with E-state index in [4.69, 9.17) is 5.11 Å². The van der Waals surface area contributed by atoms with Crippen molar-refractivity contribution in [2.24, 2.45) is 17.3 Å². The number of aryl methyl sites for hydroxylation is 1. The van der Waals surface area contributed by atoms with Gasteiger partial charge in [-0.05, 0) is 48.6 Å². The summed E-state index contributed by atoms with van der Waals surface area (Å²) in [7, 11) is 0. The number of nitrogens with one attached hydrogen (secondary N) is 2. The van der Waals surface area contributed by atoms with Crippen molar-refractivity contribution in [2.45, 2.75) is 104 Å². The zero-order valence-electron chi connectivity index (χ0n) is 27.2. The van der Waals surface area contributed by atoms with Crippen LogP contribution in [0.1, 0.15) is 84.8 Å². The number of halogens is 2. The third kappa shape index (κ3) is 10.4. The average molecular weight is 697 g/mol. The summed E-state index contributed by atoms with van der Waals surface area (Å²) in [6, 6.07) is 1.49. The van der Waals surface area contributed by atoms with Gasteiger partial charge in [0, 0.05) is 25.1 Å². The molecular formula is C33H43F2N4O7V-. The molecule has 1 aliphatic carbocycles. The van der Waals surface area contributed by atoms with E-state index in [1.54, 1.807) is 26.8 Å². The number of benzene rings is 1. The van der Waals surface area contributed by atoms with Gasteiger partial charge in [0.15, 0.2) is 11.5 Å². The topological polar surface area (TPSA) is 151 Å². The van der Waals surface area contributed by atoms with Crippen LogP contribution in [-0.2, 0) is 34.6 Å². The number of H-pyrrole nitrogens is 1. The van der Waals surface area contributed by atoms with Crippen molar-refractivity contribution in [2.75, 3.05) is 6.54 Å². The minimum Gasteiger partial charge on any atom is -0.540 e.